The van der Waals surface area contributed by atoms with Crippen LogP contribution < -0.4 is 4.72 Å². The van der Waals surface area contributed by atoms with Gasteiger partial charge < -0.3 is 5.11 Å². The van der Waals surface area contributed by atoms with Crippen molar-refractivity contribution >= 4 is 21.4 Å². The van der Waals surface area contributed by atoms with Crippen molar-refractivity contribution in [3.8, 4) is 11.8 Å². The molecule has 1 aromatic carbocycles. The highest BCUT2D eigenvalue weighted by atomic mass is 32.2. The van der Waals surface area contributed by atoms with Crippen LogP contribution in [-0.4, -0.2) is 20.1 Å². The number of hydrogen-bond donors (Lipinski definition) is 2. The molecule has 0 fully saturated rings. The number of aliphatic hydroxyl groups excluding tert-OH is 1. The number of hydrogen-bond acceptors (Lipinski definition) is 4. The average Bonchev–Trinajstić information content (AvgIpc) is 3.00. The maximum atomic E-state index is 13.7. The van der Waals surface area contributed by atoms with Crippen LogP contribution in [0.5, 0.6) is 0 Å². The second-order valence-corrected chi connectivity index (χ2v) is 6.96. The van der Waals surface area contributed by atoms with E-state index in [0.717, 1.165) is 11.3 Å². The fraction of sp³-hybridized carbons (Fsp3) is 0.143. The molecule has 0 aliphatic rings. The Morgan fingerprint density at radius 1 is 1.33 bits per heavy atom. The van der Waals surface area contributed by atoms with E-state index in [-0.39, 0.29) is 22.9 Å². The molecule has 1 aromatic heterocycles. The van der Waals surface area contributed by atoms with E-state index in [1.165, 1.54) is 24.3 Å². The first-order valence-electron chi connectivity index (χ1n) is 5.94. The molecule has 2 aromatic rings. The molecule has 0 aliphatic heterocycles. The van der Waals surface area contributed by atoms with Crippen LogP contribution in [-0.2, 0) is 16.6 Å². The van der Waals surface area contributed by atoms with Gasteiger partial charge in [0.2, 0.25) is 10.0 Å². The summed E-state index contributed by atoms with van der Waals surface area (Å²) < 4.78 is 40.1. The van der Waals surface area contributed by atoms with Crippen LogP contribution in [0.3, 0.4) is 0 Å². The summed E-state index contributed by atoms with van der Waals surface area (Å²) in [5.41, 5.74) is 0.704. The number of nitrogens with one attached hydrogen (secondary N) is 1. The van der Waals surface area contributed by atoms with Crippen LogP contribution in [0, 0.1) is 17.7 Å². The number of benzene rings is 1. The summed E-state index contributed by atoms with van der Waals surface area (Å²) in [6.45, 7) is -0.460. The molecule has 0 saturated carbocycles. The van der Waals surface area contributed by atoms with Gasteiger partial charge in [-0.2, -0.15) is 0 Å². The molecule has 0 aliphatic carbocycles. The average molecular weight is 325 g/mol. The zero-order valence-electron chi connectivity index (χ0n) is 10.8. The van der Waals surface area contributed by atoms with Crippen LogP contribution in [0.15, 0.2) is 39.9 Å². The van der Waals surface area contributed by atoms with Crippen molar-refractivity contribution < 1.29 is 17.9 Å². The standard InChI is InChI=1S/C14H12FNO3S2/c15-13-6-5-11(3-1-7-17)9-12(13)10-16-21(18,19)14-4-2-8-20-14/h2,4-6,8-9,16-17H,7,10H2. The molecule has 4 nitrogen and oxygen atoms in total. The van der Waals surface area contributed by atoms with E-state index in [9.17, 15) is 12.8 Å². The summed E-state index contributed by atoms with van der Waals surface area (Å²) >= 11 is 1.09. The minimum absolute atomic E-state index is 0.166. The van der Waals surface area contributed by atoms with Gasteiger partial charge in [-0.05, 0) is 29.6 Å². The Labute approximate surface area is 126 Å². The first-order valence-corrected chi connectivity index (χ1v) is 8.30. The molecule has 0 atom stereocenters. The van der Waals surface area contributed by atoms with E-state index in [1.54, 1.807) is 11.4 Å². The second kappa shape index (κ2) is 6.83. The van der Waals surface area contributed by atoms with Crippen LogP contribution >= 0.6 is 11.3 Å². The Balaban J connectivity index is 2.16. The number of thiophene rings is 1. The number of halogens is 1. The summed E-state index contributed by atoms with van der Waals surface area (Å²) in [6.07, 6.45) is 0. The molecule has 1 heterocycles. The molecule has 110 valence electrons. The van der Waals surface area contributed by atoms with Crippen molar-refractivity contribution in [1.29, 1.82) is 0 Å². The van der Waals surface area contributed by atoms with Gasteiger partial charge in [-0.1, -0.05) is 17.9 Å². The van der Waals surface area contributed by atoms with Gasteiger partial charge in [0, 0.05) is 17.7 Å². The summed E-state index contributed by atoms with van der Waals surface area (Å²) in [5, 5.41) is 10.3. The van der Waals surface area contributed by atoms with Crippen molar-refractivity contribution in [2.24, 2.45) is 0 Å². The highest BCUT2D eigenvalue weighted by Crippen LogP contribution is 2.17. The molecule has 7 heteroatoms. The largest absolute Gasteiger partial charge is 0.384 e. The third-order valence-corrected chi connectivity index (χ3v) is 5.37. The Morgan fingerprint density at radius 3 is 2.81 bits per heavy atom. The fourth-order valence-electron chi connectivity index (χ4n) is 1.59. The monoisotopic (exact) mass is 325 g/mol. The SMILES string of the molecule is O=S(=O)(NCc1cc(C#CCO)ccc1F)c1cccs1. The molecular weight excluding hydrogens is 313 g/mol. The first kappa shape index (κ1) is 15.7. The third kappa shape index (κ3) is 4.12. The van der Waals surface area contributed by atoms with E-state index in [1.807, 2.05) is 0 Å². The molecule has 21 heavy (non-hydrogen) atoms. The molecule has 0 amide bonds. The first-order chi connectivity index (χ1) is 10.0. The smallest absolute Gasteiger partial charge is 0.250 e. The van der Waals surface area contributed by atoms with Crippen molar-refractivity contribution in [2.75, 3.05) is 6.61 Å². The highest BCUT2D eigenvalue weighted by molar-refractivity contribution is 7.91. The lowest BCUT2D eigenvalue weighted by atomic mass is 10.1. The van der Waals surface area contributed by atoms with Gasteiger partial charge in [-0.25, -0.2) is 17.5 Å². The quantitative estimate of drug-likeness (QED) is 0.841. The van der Waals surface area contributed by atoms with Gasteiger partial charge in [0.05, 0.1) is 0 Å². The maximum Gasteiger partial charge on any atom is 0.250 e. The van der Waals surface area contributed by atoms with Crippen molar-refractivity contribution in [3.63, 3.8) is 0 Å². The number of rotatable bonds is 4. The van der Waals surface area contributed by atoms with Crippen LogP contribution in [0.1, 0.15) is 11.1 Å². The van der Waals surface area contributed by atoms with Gasteiger partial charge in [-0.3, -0.25) is 0 Å². The van der Waals surface area contributed by atoms with E-state index in [0.29, 0.717) is 5.56 Å². The molecule has 0 spiro atoms. The van der Waals surface area contributed by atoms with Crippen molar-refractivity contribution in [3.05, 3.63) is 52.7 Å². The van der Waals surface area contributed by atoms with Gasteiger partial charge in [0.15, 0.2) is 0 Å². The maximum absolute atomic E-state index is 13.7. The predicted octanol–water partition coefficient (Wildman–Crippen LogP) is 1.71. The number of sulfonamides is 1. The topological polar surface area (TPSA) is 66.4 Å². The van der Waals surface area contributed by atoms with E-state index in [4.69, 9.17) is 5.11 Å². The Kier molecular flexibility index (Phi) is 5.09. The lowest BCUT2D eigenvalue weighted by Gasteiger charge is -2.06. The molecule has 0 radical (unpaired) electrons. The molecule has 0 bridgehead atoms. The van der Waals surface area contributed by atoms with Crippen LogP contribution in [0.2, 0.25) is 0 Å². The van der Waals surface area contributed by atoms with E-state index < -0.39 is 15.8 Å². The minimum Gasteiger partial charge on any atom is -0.384 e. The second-order valence-electron chi connectivity index (χ2n) is 4.02. The van der Waals surface area contributed by atoms with Gasteiger partial charge in [0.25, 0.3) is 0 Å². The van der Waals surface area contributed by atoms with Gasteiger partial charge in [-0.15, -0.1) is 11.3 Å². The summed E-state index contributed by atoms with van der Waals surface area (Å²) in [7, 11) is -3.64. The summed E-state index contributed by atoms with van der Waals surface area (Å²) in [6, 6.07) is 7.25. The van der Waals surface area contributed by atoms with E-state index in [2.05, 4.69) is 16.6 Å². The molecule has 0 saturated heterocycles. The molecular formula is C14H12FNO3S2. The lowest BCUT2D eigenvalue weighted by Crippen LogP contribution is -2.23. The lowest BCUT2D eigenvalue weighted by molar-refractivity contribution is 0.350. The zero-order valence-corrected chi connectivity index (χ0v) is 12.5. The Morgan fingerprint density at radius 2 is 2.14 bits per heavy atom. The highest BCUT2D eigenvalue weighted by Gasteiger charge is 2.15. The van der Waals surface area contributed by atoms with Crippen molar-refractivity contribution in [2.45, 2.75) is 10.8 Å². The van der Waals surface area contributed by atoms with Crippen molar-refractivity contribution in [1.82, 2.24) is 4.72 Å². The molecule has 0 unspecified atom stereocenters. The zero-order chi connectivity index (χ0) is 15.3. The fourth-order valence-corrected chi connectivity index (χ4v) is 3.63. The minimum atomic E-state index is -3.64. The molecule has 2 N–H and O–H groups in total. The number of aliphatic hydroxyl groups is 1. The Bertz CT molecular complexity index is 774. The van der Waals surface area contributed by atoms with Crippen LogP contribution in [0.25, 0.3) is 0 Å². The van der Waals surface area contributed by atoms with Gasteiger partial charge in [0.1, 0.15) is 16.6 Å². The summed E-state index contributed by atoms with van der Waals surface area (Å²) in [5.74, 6) is 4.58. The molecule has 2 rings (SSSR count). The van der Waals surface area contributed by atoms with Gasteiger partial charge >= 0.3 is 0 Å². The van der Waals surface area contributed by atoms with E-state index >= 15 is 0 Å². The normalized spacial score (nSPS) is 11.0. The third-order valence-electron chi connectivity index (χ3n) is 2.57. The van der Waals surface area contributed by atoms with Crippen LogP contribution in [0.4, 0.5) is 4.39 Å². The predicted molar refractivity (Wildman–Crippen MR) is 78.7 cm³/mol. The summed E-state index contributed by atoms with van der Waals surface area (Å²) in [4.78, 5) is 0. The Hall–Kier alpha value is -1.72.